The quantitative estimate of drug-likeness (QED) is 0.450. The molecule has 2 aromatic rings. The minimum absolute atomic E-state index is 0.00574. The van der Waals surface area contributed by atoms with Gasteiger partial charge in [-0.05, 0) is 83.3 Å². The van der Waals surface area contributed by atoms with Crippen molar-refractivity contribution in [1.29, 1.82) is 0 Å². The van der Waals surface area contributed by atoms with Crippen molar-refractivity contribution >= 4 is 29.3 Å². The summed E-state index contributed by atoms with van der Waals surface area (Å²) in [4.78, 5) is 12.0. The number of fused-ring (bicyclic) bond motifs is 1. The molecule has 1 heterocycles. The summed E-state index contributed by atoms with van der Waals surface area (Å²) in [6, 6.07) is 5.11. The standard InChI is InChI=1S/C26H28F2N2O2S/c1-13-9-16-17(26(4,5)8-7-25(16,2)3)12-15(13)20-21(28)14(10-18(27)22(20)32-6)11-19-23(31)30-24(33)29-19/h9-12H,7-8H2,1-6H3,(H2,29,30,31,33)/b19-11-. The summed E-state index contributed by atoms with van der Waals surface area (Å²) in [5.74, 6) is -2.03. The van der Waals surface area contributed by atoms with Crippen LogP contribution in [-0.4, -0.2) is 18.1 Å². The van der Waals surface area contributed by atoms with Gasteiger partial charge >= 0.3 is 0 Å². The first-order valence-electron chi connectivity index (χ1n) is 10.9. The predicted octanol–water partition coefficient (Wildman–Crippen LogP) is 5.64. The summed E-state index contributed by atoms with van der Waals surface area (Å²) in [6.07, 6.45) is 3.31. The number of halogens is 2. The molecule has 0 spiro atoms. The van der Waals surface area contributed by atoms with Gasteiger partial charge in [0, 0.05) is 5.56 Å². The lowest BCUT2D eigenvalue weighted by Crippen LogP contribution is -2.34. The van der Waals surface area contributed by atoms with E-state index in [1.807, 2.05) is 13.0 Å². The average molecular weight is 471 g/mol. The van der Waals surface area contributed by atoms with Crippen LogP contribution >= 0.6 is 12.2 Å². The van der Waals surface area contributed by atoms with Gasteiger partial charge in [-0.1, -0.05) is 33.8 Å². The number of nitrogens with one attached hydrogen (secondary N) is 2. The number of hydrogen-bond acceptors (Lipinski definition) is 3. The van der Waals surface area contributed by atoms with Crippen molar-refractivity contribution in [3.8, 4) is 16.9 Å². The minimum atomic E-state index is -0.710. The maximum absolute atomic E-state index is 15.9. The van der Waals surface area contributed by atoms with Gasteiger partial charge in [0.25, 0.3) is 5.91 Å². The second-order valence-corrected chi connectivity index (χ2v) is 10.5. The first kappa shape index (κ1) is 23.4. The first-order valence-corrected chi connectivity index (χ1v) is 11.3. The van der Waals surface area contributed by atoms with E-state index < -0.39 is 17.5 Å². The predicted molar refractivity (Wildman–Crippen MR) is 130 cm³/mol. The van der Waals surface area contributed by atoms with Crippen LogP contribution in [-0.2, 0) is 15.6 Å². The highest BCUT2D eigenvalue weighted by Crippen LogP contribution is 2.49. The van der Waals surface area contributed by atoms with Crippen LogP contribution < -0.4 is 15.4 Å². The van der Waals surface area contributed by atoms with Gasteiger partial charge in [-0.2, -0.15) is 0 Å². The van der Waals surface area contributed by atoms with E-state index >= 15 is 8.78 Å². The number of amides is 1. The number of carbonyl (C=O) groups is 1. The van der Waals surface area contributed by atoms with E-state index in [-0.39, 0.29) is 38.5 Å². The molecule has 2 N–H and O–H groups in total. The molecule has 1 amide bonds. The van der Waals surface area contributed by atoms with Crippen LogP contribution in [0, 0.1) is 18.6 Å². The molecule has 2 aliphatic rings. The minimum Gasteiger partial charge on any atom is -0.493 e. The number of carbonyl (C=O) groups excluding carboxylic acids is 1. The highest BCUT2D eigenvalue weighted by molar-refractivity contribution is 7.80. The second kappa shape index (κ2) is 7.90. The van der Waals surface area contributed by atoms with Gasteiger partial charge in [0.05, 0.1) is 12.7 Å². The Labute approximate surface area is 198 Å². The topological polar surface area (TPSA) is 50.4 Å². The number of hydrogen-bond donors (Lipinski definition) is 2. The molecule has 33 heavy (non-hydrogen) atoms. The molecule has 0 saturated carbocycles. The van der Waals surface area contributed by atoms with Crippen molar-refractivity contribution < 1.29 is 18.3 Å². The number of aryl methyl sites for hydroxylation is 1. The van der Waals surface area contributed by atoms with Crippen molar-refractivity contribution in [2.45, 2.75) is 58.3 Å². The smallest absolute Gasteiger partial charge is 0.273 e. The Morgan fingerprint density at radius 1 is 1.03 bits per heavy atom. The Balaban J connectivity index is 1.98. The summed E-state index contributed by atoms with van der Waals surface area (Å²) < 4.78 is 36.4. The van der Waals surface area contributed by atoms with Gasteiger partial charge in [0.2, 0.25) is 0 Å². The van der Waals surface area contributed by atoms with E-state index in [1.165, 1.54) is 18.7 Å². The number of benzene rings is 2. The Morgan fingerprint density at radius 3 is 2.18 bits per heavy atom. The third-order valence-electron chi connectivity index (χ3n) is 6.89. The molecule has 4 nitrogen and oxygen atoms in total. The fourth-order valence-electron chi connectivity index (χ4n) is 4.80. The van der Waals surface area contributed by atoms with Gasteiger partial charge in [-0.25, -0.2) is 8.78 Å². The molecule has 1 saturated heterocycles. The maximum Gasteiger partial charge on any atom is 0.273 e. The van der Waals surface area contributed by atoms with Crippen LogP contribution in [0.5, 0.6) is 5.75 Å². The second-order valence-electron chi connectivity index (χ2n) is 10.1. The first-order chi connectivity index (χ1) is 15.4. The third-order valence-corrected chi connectivity index (χ3v) is 7.09. The summed E-state index contributed by atoms with van der Waals surface area (Å²) in [6.45, 7) is 10.7. The molecule has 2 aromatic carbocycles. The monoisotopic (exact) mass is 470 g/mol. The third kappa shape index (κ3) is 3.92. The lowest BCUT2D eigenvalue weighted by Gasteiger charge is -2.42. The maximum atomic E-state index is 15.9. The van der Waals surface area contributed by atoms with Gasteiger partial charge in [0.1, 0.15) is 11.5 Å². The lowest BCUT2D eigenvalue weighted by atomic mass is 9.62. The molecule has 7 heteroatoms. The van der Waals surface area contributed by atoms with E-state index in [0.717, 1.165) is 30.0 Å². The van der Waals surface area contributed by atoms with Gasteiger partial charge in [-0.15, -0.1) is 0 Å². The summed E-state index contributed by atoms with van der Waals surface area (Å²) >= 11 is 4.93. The van der Waals surface area contributed by atoms with E-state index in [0.29, 0.717) is 5.56 Å². The number of thiocarbonyl (C=S) groups is 1. The van der Waals surface area contributed by atoms with Crippen LogP contribution in [0.15, 0.2) is 23.9 Å². The zero-order valence-electron chi connectivity index (χ0n) is 19.7. The zero-order chi connectivity index (χ0) is 24.3. The largest absolute Gasteiger partial charge is 0.493 e. The normalized spacial score (nSPS) is 19.8. The van der Waals surface area contributed by atoms with Crippen LogP contribution in [0.3, 0.4) is 0 Å². The van der Waals surface area contributed by atoms with Crippen molar-refractivity contribution in [3.63, 3.8) is 0 Å². The Bertz CT molecular complexity index is 1230. The summed E-state index contributed by atoms with van der Waals surface area (Å²) in [5, 5.41) is 5.21. The highest BCUT2D eigenvalue weighted by atomic mass is 32.1. The van der Waals surface area contributed by atoms with Crippen molar-refractivity contribution in [2.24, 2.45) is 0 Å². The zero-order valence-corrected chi connectivity index (χ0v) is 20.5. The Kier molecular flexibility index (Phi) is 5.60. The molecular formula is C26H28F2N2O2S. The Hall–Kier alpha value is -2.80. The van der Waals surface area contributed by atoms with E-state index in [9.17, 15) is 4.79 Å². The molecule has 1 aliphatic heterocycles. The fraction of sp³-hybridized carbons (Fsp3) is 0.385. The van der Waals surface area contributed by atoms with Gasteiger partial charge in [0.15, 0.2) is 16.7 Å². The van der Waals surface area contributed by atoms with Crippen LogP contribution in [0.1, 0.15) is 62.8 Å². The number of ether oxygens (including phenoxy) is 1. The highest BCUT2D eigenvalue weighted by Gasteiger charge is 2.38. The molecule has 174 valence electrons. The van der Waals surface area contributed by atoms with Crippen molar-refractivity contribution in [2.75, 3.05) is 7.11 Å². The SMILES string of the molecule is COc1c(F)cc(/C=C2\NC(=S)NC2=O)c(F)c1-c1cc2c(cc1C)C(C)(C)CCC2(C)C. The van der Waals surface area contributed by atoms with Crippen molar-refractivity contribution in [1.82, 2.24) is 10.6 Å². The van der Waals surface area contributed by atoms with E-state index in [2.05, 4.69) is 44.4 Å². The molecule has 0 aromatic heterocycles. The Morgan fingerprint density at radius 2 is 1.64 bits per heavy atom. The molecule has 0 atom stereocenters. The van der Waals surface area contributed by atoms with Gasteiger partial charge < -0.3 is 10.1 Å². The number of rotatable bonds is 3. The van der Waals surface area contributed by atoms with Crippen LogP contribution in [0.25, 0.3) is 17.2 Å². The van der Waals surface area contributed by atoms with E-state index in [1.54, 1.807) is 0 Å². The van der Waals surface area contributed by atoms with Crippen LogP contribution in [0.4, 0.5) is 8.78 Å². The van der Waals surface area contributed by atoms with Crippen LogP contribution in [0.2, 0.25) is 0 Å². The molecule has 1 fully saturated rings. The average Bonchev–Trinajstić information content (AvgIpc) is 3.04. The van der Waals surface area contributed by atoms with E-state index in [4.69, 9.17) is 17.0 Å². The number of methoxy groups -OCH3 is 1. The summed E-state index contributed by atoms with van der Waals surface area (Å²) in [5.41, 5.74) is 3.70. The summed E-state index contributed by atoms with van der Waals surface area (Å²) in [7, 11) is 1.32. The van der Waals surface area contributed by atoms with Crippen molar-refractivity contribution in [3.05, 3.63) is 57.8 Å². The molecule has 0 unspecified atom stereocenters. The molecular weight excluding hydrogens is 442 g/mol. The van der Waals surface area contributed by atoms with Gasteiger partial charge in [-0.3, -0.25) is 10.1 Å². The molecule has 1 aliphatic carbocycles. The molecule has 0 radical (unpaired) electrons. The molecule has 4 rings (SSSR count). The fourth-order valence-corrected chi connectivity index (χ4v) is 5.01. The molecule has 0 bridgehead atoms. The lowest BCUT2D eigenvalue weighted by molar-refractivity contribution is -0.115.